The van der Waals surface area contributed by atoms with E-state index in [4.69, 9.17) is 0 Å². The topological polar surface area (TPSA) is 65.1 Å². The summed E-state index contributed by atoms with van der Waals surface area (Å²) in [6, 6.07) is 19.8. The van der Waals surface area contributed by atoms with Crippen LogP contribution in [0.4, 0.5) is 0 Å². The Hall–Kier alpha value is -3.45. The van der Waals surface area contributed by atoms with Crippen molar-refractivity contribution >= 4 is 28.4 Å². The number of rotatable bonds is 6. The fraction of sp³-hybridized carbons (Fsp3) is 0.200. The summed E-state index contributed by atoms with van der Waals surface area (Å²) in [5.41, 5.74) is 3.86. The number of fused-ring (bicyclic) bond motifs is 3. The lowest BCUT2D eigenvalue weighted by molar-refractivity contribution is 0.733. The summed E-state index contributed by atoms with van der Waals surface area (Å²) >= 11 is 1.58. The molecule has 5 rings (SSSR count). The van der Waals surface area contributed by atoms with Gasteiger partial charge in [-0.05, 0) is 53.8 Å². The summed E-state index contributed by atoms with van der Waals surface area (Å²) in [6.45, 7) is 4.39. The molecule has 0 fully saturated rings. The maximum absolute atomic E-state index is 13.5. The Morgan fingerprint density at radius 2 is 1.81 bits per heavy atom. The SMILES string of the molecule is CCC(C)c1ccc(-n2c(=O)c3ccccc3n3c(SCc4cccnc4)nnc23)cc1. The number of para-hydroxylation sites is 1. The predicted molar refractivity (Wildman–Crippen MR) is 129 cm³/mol. The largest absolute Gasteiger partial charge is 0.268 e. The monoisotopic (exact) mass is 441 g/mol. The predicted octanol–water partition coefficient (Wildman–Crippen LogP) is 5.23. The molecule has 0 bridgehead atoms. The van der Waals surface area contributed by atoms with Crippen molar-refractivity contribution in [2.75, 3.05) is 0 Å². The van der Waals surface area contributed by atoms with Crippen molar-refractivity contribution in [2.24, 2.45) is 0 Å². The van der Waals surface area contributed by atoms with E-state index in [0.717, 1.165) is 28.3 Å². The molecule has 5 aromatic rings. The minimum atomic E-state index is -0.0967. The van der Waals surface area contributed by atoms with Crippen molar-refractivity contribution in [1.82, 2.24) is 24.1 Å². The zero-order valence-corrected chi connectivity index (χ0v) is 18.8. The van der Waals surface area contributed by atoms with E-state index >= 15 is 0 Å². The van der Waals surface area contributed by atoms with Gasteiger partial charge in [0.15, 0.2) is 5.16 Å². The molecule has 6 nitrogen and oxygen atoms in total. The molecule has 0 radical (unpaired) electrons. The van der Waals surface area contributed by atoms with Gasteiger partial charge in [-0.3, -0.25) is 14.2 Å². The Kier molecular flexibility index (Phi) is 5.49. The zero-order valence-electron chi connectivity index (χ0n) is 18.0. The Morgan fingerprint density at radius 3 is 2.56 bits per heavy atom. The van der Waals surface area contributed by atoms with E-state index in [9.17, 15) is 4.79 Å². The quantitative estimate of drug-likeness (QED) is 0.337. The number of hydrogen-bond acceptors (Lipinski definition) is 5. The smallest absolute Gasteiger partial charge is 0.267 e. The van der Waals surface area contributed by atoms with Crippen molar-refractivity contribution in [3.05, 3.63) is 94.5 Å². The molecule has 1 atom stereocenters. The van der Waals surface area contributed by atoms with Crippen LogP contribution >= 0.6 is 11.8 Å². The highest BCUT2D eigenvalue weighted by molar-refractivity contribution is 7.98. The van der Waals surface area contributed by atoms with E-state index in [1.165, 1.54) is 5.56 Å². The van der Waals surface area contributed by atoms with Gasteiger partial charge in [-0.25, -0.2) is 4.57 Å². The van der Waals surface area contributed by atoms with Crippen molar-refractivity contribution in [2.45, 2.75) is 37.1 Å². The van der Waals surface area contributed by atoms with Crippen LogP contribution in [0.15, 0.2) is 83.0 Å². The van der Waals surface area contributed by atoms with Gasteiger partial charge in [0.25, 0.3) is 5.56 Å². The Bertz CT molecular complexity index is 1440. The number of thioether (sulfide) groups is 1. The van der Waals surface area contributed by atoms with Gasteiger partial charge >= 0.3 is 0 Å². The van der Waals surface area contributed by atoms with Crippen LogP contribution in [0.25, 0.3) is 22.4 Å². The lowest BCUT2D eigenvalue weighted by Crippen LogP contribution is -2.21. The highest BCUT2D eigenvalue weighted by Crippen LogP contribution is 2.26. The highest BCUT2D eigenvalue weighted by atomic mass is 32.2. The standard InChI is InChI=1S/C25H23N5OS/c1-3-17(2)19-10-12-20(13-11-19)29-23(31)21-8-4-5-9-22(21)30-24(29)27-28-25(30)32-16-18-7-6-14-26-15-18/h4-15,17H,3,16H2,1-2H3. The third-order valence-electron chi connectivity index (χ3n) is 5.82. The second-order valence-electron chi connectivity index (χ2n) is 7.83. The van der Waals surface area contributed by atoms with Gasteiger partial charge in [-0.1, -0.05) is 55.9 Å². The van der Waals surface area contributed by atoms with Crippen LogP contribution in [-0.4, -0.2) is 24.1 Å². The molecule has 1 unspecified atom stereocenters. The molecule has 2 aromatic carbocycles. The third kappa shape index (κ3) is 3.58. The molecule has 3 aromatic heterocycles. The third-order valence-corrected chi connectivity index (χ3v) is 6.82. The molecule has 0 aliphatic heterocycles. The molecule has 0 saturated heterocycles. The Labute approximate surface area is 190 Å². The second kappa shape index (κ2) is 8.59. The van der Waals surface area contributed by atoms with Gasteiger partial charge in [0, 0.05) is 18.1 Å². The number of pyridine rings is 1. The van der Waals surface area contributed by atoms with Gasteiger partial charge in [-0.2, -0.15) is 0 Å². The highest BCUT2D eigenvalue weighted by Gasteiger charge is 2.18. The fourth-order valence-corrected chi connectivity index (χ4v) is 4.70. The maximum atomic E-state index is 13.5. The summed E-state index contributed by atoms with van der Waals surface area (Å²) in [4.78, 5) is 17.7. The van der Waals surface area contributed by atoms with Gasteiger partial charge in [0.2, 0.25) is 5.78 Å². The first-order valence-electron chi connectivity index (χ1n) is 10.7. The number of benzene rings is 2. The normalized spacial score (nSPS) is 12.4. The molecular weight excluding hydrogens is 418 g/mol. The molecule has 7 heteroatoms. The van der Waals surface area contributed by atoms with E-state index in [1.54, 1.807) is 22.5 Å². The minimum absolute atomic E-state index is 0.0967. The molecule has 160 valence electrons. The number of nitrogens with zero attached hydrogens (tertiary/aromatic N) is 5. The van der Waals surface area contributed by atoms with E-state index in [2.05, 4.69) is 41.2 Å². The van der Waals surface area contributed by atoms with Crippen molar-refractivity contribution in [1.29, 1.82) is 0 Å². The summed E-state index contributed by atoms with van der Waals surface area (Å²) in [5.74, 6) is 1.70. The van der Waals surface area contributed by atoms with E-state index < -0.39 is 0 Å². The maximum Gasteiger partial charge on any atom is 0.267 e. The number of hydrogen-bond donors (Lipinski definition) is 0. The first kappa shape index (κ1) is 20.5. The van der Waals surface area contributed by atoms with Crippen LogP contribution in [0.5, 0.6) is 0 Å². The summed E-state index contributed by atoms with van der Waals surface area (Å²) in [7, 11) is 0. The first-order chi connectivity index (χ1) is 15.7. The average Bonchev–Trinajstić information content (AvgIpc) is 3.27. The fourth-order valence-electron chi connectivity index (χ4n) is 3.82. The molecule has 0 spiro atoms. The molecule has 3 heterocycles. The molecule has 0 aliphatic carbocycles. The Morgan fingerprint density at radius 1 is 1.00 bits per heavy atom. The summed E-state index contributed by atoms with van der Waals surface area (Å²) in [6.07, 6.45) is 4.68. The first-order valence-corrected chi connectivity index (χ1v) is 11.7. The van der Waals surface area contributed by atoms with Gasteiger partial charge in [-0.15, -0.1) is 10.2 Å². The van der Waals surface area contributed by atoms with Crippen LogP contribution in [0, 0.1) is 0 Å². The van der Waals surface area contributed by atoms with E-state index in [1.807, 2.05) is 59.1 Å². The van der Waals surface area contributed by atoms with Crippen molar-refractivity contribution < 1.29 is 0 Å². The van der Waals surface area contributed by atoms with Crippen LogP contribution < -0.4 is 5.56 Å². The Balaban J connectivity index is 1.67. The van der Waals surface area contributed by atoms with Gasteiger partial charge in [0.05, 0.1) is 16.6 Å². The van der Waals surface area contributed by atoms with Crippen LogP contribution in [-0.2, 0) is 5.75 Å². The van der Waals surface area contributed by atoms with E-state index in [-0.39, 0.29) is 5.56 Å². The van der Waals surface area contributed by atoms with E-state index in [0.29, 0.717) is 22.8 Å². The van der Waals surface area contributed by atoms with Crippen LogP contribution in [0.1, 0.15) is 37.3 Å². The molecule has 0 N–H and O–H groups in total. The van der Waals surface area contributed by atoms with Gasteiger partial charge in [0.1, 0.15) is 0 Å². The molecule has 0 amide bonds. The minimum Gasteiger partial charge on any atom is -0.268 e. The zero-order chi connectivity index (χ0) is 22.1. The van der Waals surface area contributed by atoms with Crippen molar-refractivity contribution in [3.63, 3.8) is 0 Å². The lowest BCUT2D eigenvalue weighted by Gasteiger charge is -2.13. The number of aromatic nitrogens is 5. The molecule has 0 saturated carbocycles. The van der Waals surface area contributed by atoms with Crippen molar-refractivity contribution in [3.8, 4) is 5.69 Å². The molecular formula is C25H23N5OS. The summed E-state index contributed by atoms with van der Waals surface area (Å²) in [5, 5.41) is 10.2. The summed E-state index contributed by atoms with van der Waals surface area (Å²) < 4.78 is 3.63. The van der Waals surface area contributed by atoms with Gasteiger partial charge < -0.3 is 0 Å². The molecule has 32 heavy (non-hydrogen) atoms. The molecule has 0 aliphatic rings. The average molecular weight is 442 g/mol. The lowest BCUT2D eigenvalue weighted by atomic mass is 9.98. The second-order valence-corrected chi connectivity index (χ2v) is 8.77. The van der Waals surface area contributed by atoms with Crippen LogP contribution in [0.2, 0.25) is 0 Å². The van der Waals surface area contributed by atoms with Crippen LogP contribution in [0.3, 0.4) is 0 Å².